The van der Waals surface area contributed by atoms with E-state index >= 15 is 0 Å². The van der Waals surface area contributed by atoms with Crippen molar-refractivity contribution in [3.63, 3.8) is 0 Å². The molecule has 0 atom stereocenters. The summed E-state index contributed by atoms with van der Waals surface area (Å²) in [5.41, 5.74) is 1.54. The quantitative estimate of drug-likeness (QED) is 0.920. The van der Waals surface area contributed by atoms with Crippen molar-refractivity contribution in [2.45, 2.75) is 25.7 Å². The molecule has 1 heterocycles. The zero-order chi connectivity index (χ0) is 14.2. The lowest BCUT2D eigenvalue weighted by molar-refractivity contribution is -0.138. The second-order valence-corrected chi connectivity index (χ2v) is 5.46. The average Bonchev–Trinajstić information content (AvgIpc) is 2.68. The summed E-state index contributed by atoms with van der Waals surface area (Å²) >= 11 is 0. The van der Waals surface area contributed by atoms with E-state index < -0.39 is 11.4 Å². The Balaban J connectivity index is 2.71. The van der Waals surface area contributed by atoms with Crippen LogP contribution < -0.4 is 4.74 Å². The van der Waals surface area contributed by atoms with Gasteiger partial charge in [-0.05, 0) is 18.2 Å². The summed E-state index contributed by atoms with van der Waals surface area (Å²) in [4.78, 5) is 11.1. The minimum atomic E-state index is -0.806. The summed E-state index contributed by atoms with van der Waals surface area (Å²) in [5.74, 6) is -0.0649. The maximum absolute atomic E-state index is 11.1. The molecule has 2 rings (SSSR count). The van der Waals surface area contributed by atoms with Gasteiger partial charge in [0, 0.05) is 35.1 Å². The molecule has 0 amide bonds. The van der Waals surface area contributed by atoms with E-state index in [2.05, 4.69) is 0 Å². The molecule has 0 fully saturated rings. The molecule has 0 bridgehead atoms. The van der Waals surface area contributed by atoms with Gasteiger partial charge in [-0.25, -0.2) is 0 Å². The molecule has 4 nitrogen and oxygen atoms in total. The summed E-state index contributed by atoms with van der Waals surface area (Å²) in [6, 6.07) is 5.91. The Morgan fingerprint density at radius 2 is 2.05 bits per heavy atom. The highest BCUT2D eigenvalue weighted by Gasteiger charge is 2.29. The van der Waals surface area contributed by atoms with Crippen LogP contribution in [0.5, 0.6) is 5.75 Å². The number of methoxy groups -OCH3 is 1. The Labute approximate surface area is 112 Å². The summed E-state index contributed by atoms with van der Waals surface area (Å²) in [6.45, 7) is 3.87. The molecule has 1 N–H and O–H groups in total. The number of ether oxygens (including phenoxy) is 1. The number of aromatic nitrogens is 1. The molecule has 1 aromatic heterocycles. The van der Waals surface area contributed by atoms with Crippen LogP contribution in [-0.4, -0.2) is 22.8 Å². The number of hydrogen-bond donors (Lipinski definition) is 1. The van der Waals surface area contributed by atoms with Gasteiger partial charge in [0.15, 0.2) is 0 Å². The monoisotopic (exact) mass is 261 g/mol. The molecule has 0 saturated heterocycles. The van der Waals surface area contributed by atoms with Crippen molar-refractivity contribution in [3.05, 3.63) is 30.0 Å². The van der Waals surface area contributed by atoms with E-state index in [0.29, 0.717) is 0 Å². The number of carboxylic acid groups (broad SMARTS) is 1. The van der Waals surface area contributed by atoms with Gasteiger partial charge >= 0.3 is 5.97 Å². The second kappa shape index (κ2) is 4.61. The van der Waals surface area contributed by atoms with Crippen LogP contribution in [0.4, 0.5) is 0 Å². The first-order valence-electron chi connectivity index (χ1n) is 6.21. The fourth-order valence-corrected chi connectivity index (χ4v) is 2.67. The van der Waals surface area contributed by atoms with Gasteiger partial charge < -0.3 is 14.4 Å². The molecule has 0 aliphatic carbocycles. The van der Waals surface area contributed by atoms with Gasteiger partial charge in [-0.3, -0.25) is 4.79 Å². The lowest BCUT2D eigenvalue weighted by atomic mass is 9.79. The third-order valence-corrected chi connectivity index (χ3v) is 3.52. The highest BCUT2D eigenvalue weighted by atomic mass is 16.5. The van der Waals surface area contributed by atoms with Gasteiger partial charge in [-0.2, -0.15) is 0 Å². The first kappa shape index (κ1) is 13.5. The molecule has 19 heavy (non-hydrogen) atoms. The van der Waals surface area contributed by atoms with Crippen molar-refractivity contribution in [1.82, 2.24) is 4.57 Å². The lowest BCUT2D eigenvalue weighted by Gasteiger charge is -2.26. The Morgan fingerprint density at radius 3 is 2.63 bits per heavy atom. The highest BCUT2D eigenvalue weighted by molar-refractivity contribution is 5.88. The van der Waals surface area contributed by atoms with Crippen LogP contribution >= 0.6 is 0 Å². The SMILES string of the molecule is COc1ccc2c(ccn2C)c1C(C)(C)CC(=O)O. The molecule has 0 saturated carbocycles. The van der Waals surface area contributed by atoms with Crippen LogP contribution in [0.1, 0.15) is 25.8 Å². The van der Waals surface area contributed by atoms with E-state index in [4.69, 9.17) is 9.84 Å². The third-order valence-electron chi connectivity index (χ3n) is 3.52. The topological polar surface area (TPSA) is 51.5 Å². The Morgan fingerprint density at radius 1 is 1.37 bits per heavy atom. The third kappa shape index (κ3) is 2.30. The number of carbonyl (C=O) groups is 1. The van der Waals surface area contributed by atoms with E-state index in [0.717, 1.165) is 22.2 Å². The van der Waals surface area contributed by atoms with Gasteiger partial charge in [-0.15, -0.1) is 0 Å². The summed E-state index contributed by atoms with van der Waals surface area (Å²) in [6.07, 6.45) is 2.04. The summed E-state index contributed by atoms with van der Waals surface area (Å²) < 4.78 is 7.45. The van der Waals surface area contributed by atoms with Crippen LogP contribution in [0, 0.1) is 0 Å². The van der Waals surface area contributed by atoms with E-state index in [1.165, 1.54) is 0 Å². The standard InChI is InChI=1S/C15H19NO3/c1-15(2,9-13(17)18)14-10-7-8-16(3)11(10)5-6-12(14)19-4/h5-8H,9H2,1-4H3,(H,17,18). The Hall–Kier alpha value is -1.97. The van der Waals surface area contributed by atoms with Crippen LogP contribution in [-0.2, 0) is 17.3 Å². The molecular formula is C15H19NO3. The van der Waals surface area contributed by atoms with Crippen LogP contribution in [0.2, 0.25) is 0 Å². The molecular weight excluding hydrogens is 242 g/mol. The molecule has 0 aliphatic rings. The molecule has 2 aromatic rings. The minimum Gasteiger partial charge on any atom is -0.496 e. The molecule has 0 spiro atoms. The minimum absolute atomic E-state index is 0.0668. The predicted octanol–water partition coefficient (Wildman–Crippen LogP) is 2.94. The van der Waals surface area contributed by atoms with Crippen molar-refractivity contribution < 1.29 is 14.6 Å². The summed E-state index contributed by atoms with van der Waals surface area (Å²) in [7, 11) is 3.59. The lowest BCUT2D eigenvalue weighted by Crippen LogP contribution is -2.22. The number of fused-ring (bicyclic) bond motifs is 1. The molecule has 4 heteroatoms. The zero-order valence-corrected chi connectivity index (χ0v) is 11.7. The number of benzene rings is 1. The number of aliphatic carboxylic acids is 1. The van der Waals surface area contributed by atoms with Gasteiger partial charge in [0.05, 0.1) is 13.5 Å². The van der Waals surface area contributed by atoms with Gasteiger partial charge in [0.2, 0.25) is 0 Å². The van der Waals surface area contributed by atoms with Crippen LogP contribution in [0.25, 0.3) is 10.9 Å². The predicted molar refractivity (Wildman–Crippen MR) is 74.7 cm³/mol. The van der Waals surface area contributed by atoms with Crippen molar-refractivity contribution in [2.75, 3.05) is 7.11 Å². The fraction of sp³-hybridized carbons (Fsp3) is 0.400. The van der Waals surface area contributed by atoms with Crippen molar-refractivity contribution in [2.24, 2.45) is 7.05 Å². The number of aryl methyl sites for hydroxylation is 1. The normalized spacial score (nSPS) is 11.8. The molecule has 102 valence electrons. The largest absolute Gasteiger partial charge is 0.496 e. The number of rotatable bonds is 4. The molecule has 0 radical (unpaired) electrons. The van der Waals surface area contributed by atoms with Gasteiger partial charge in [0.25, 0.3) is 0 Å². The maximum Gasteiger partial charge on any atom is 0.304 e. The summed E-state index contributed by atoms with van der Waals surface area (Å²) in [5, 5.41) is 10.2. The van der Waals surface area contributed by atoms with E-state index in [9.17, 15) is 4.79 Å². The Bertz CT molecular complexity index is 626. The first-order valence-corrected chi connectivity index (χ1v) is 6.21. The number of hydrogen-bond acceptors (Lipinski definition) is 2. The second-order valence-electron chi connectivity index (χ2n) is 5.46. The van der Waals surface area contributed by atoms with Crippen molar-refractivity contribution >= 4 is 16.9 Å². The van der Waals surface area contributed by atoms with Crippen molar-refractivity contribution in [3.8, 4) is 5.75 Å². The zero-order valence-electron chi connectivity index (χ0n) is 11.7. The van der Waals surface area contributed by atoms with E-state index in [-0.39, 0.29) is 6.42 Å². The fourth-order valence-electron chi connectivity index (χ4n) is 2.67. The van der Waals surface area contributed by atoms with Gasteiger partial charge in [0.1, 0.15) is 5.75 Å². The number of nitrogens with zero attached hydrogens (tertiary/aromatic N) is 1. The van der Waals surface area contributed by atoms with E-state index in [1.807, 2.05) is 49.9 Å². The average molecular weight is 261 g/mol. The van der Waals surface area contributed by atoms with Crippen LogP contribution in [0.15, 0.2) is 24.4 Å². The highest BCUT2D eigenvalue weighted by Crippen LogP contribution is 2.39. The smallest absolute Gasteiger partial charge is 0.304 e. The van der Waals surface area contributed by atoms with Crippen LogP contribution in [0.3, 0.4) is 0 Å². The number of carboxylic acids is 1. The molecule has 1 aromatic carbocycles. The first-order chi connectivity index (χ1) is 8.86. The molecule has 0 unspecified atom stereocenters. The maximum atomic E-state index is 11.1. The van der Waals surface area contributed by atoms with E-state index in [1.54, 1.807) is 7.11 Å². The van der Waals surface area contributed by atoms with Gasteiger partial charge in [-0.1, -0.05) is 13.8 Å². The van der Waals surface area contributed by atoms with Crippen molar-refractivity contribution in [1.29, 1.82) is 0 Å². The molecule has 0 aliphatic heterocycles. The Kier molecular flexibility index (Phi) is 3.27.